The molecule has 1 unspecified atom stereocenters. The topological polar surface area (TPSA) is 56.2 Å². The summed E-state index contributed by atoms with van der Waals surface area (Å²) in [7, 11) is 0. The smallest absolute Gasteiger partial charge is 0.166 e. The average Bonchev–Trinajstić information content (AvgIpc) is 2.83. The van der Waals surface area contributed by atoms with E-state index < -0.39 is 0 Å². The molecule has 0 fully saturated rings. The summed E-state index contributed by atoms with van der Waals surface area (Å²) in [6.07, 6.45) is 3.47. The monoisotopic (exact) mass is 229 g/mol. The Labute approximate surface area is 100 Å². The fraction of sp³-hybridized carbons (Fsp3) is 0.214. The lowest BCUT2D eigenvalue weighted by Crippen LogP contribution is -2.04. The minimum Gasteiger partial charge on any atom is -0.472 e. The van der Waals surface area contributed by atoms with Crippen LogP contribution < -0.4 is 5.73 Å². The Morgan fingerprint density at radius 1 is 1.29 bits per heavy atom. The fourth-order valence-corrected chi connectivity index (χ4v) is 1.76. The number of Topliss-reactive ketones (excluding diaryl/α,β-unsaturated/α-hetero) is 1. The van der Waals surface area contributed by atoms with Crippen LogP contribution in [0.4, 0.5) is 5.69 Å². The van der Waals surface area contributed by atoms with Crippen LogP contribution in [0.25, 0.3) is 0 Å². The van der Waals surface area contributed by atoms with Crippen LogP contribution >= 0.6 is 0 Å². The summed E-state index contributed by atoms with van der Waals surface area (Å²) in [6, 6.07) is 9.33. The van der Waals surface area contributed by atoms with Gasteiger partial charge in [-0.1, -0.05) is 19.1 Å². The van der Waals surface area contributed by atoms with Crippen LogP contribution in [0.3, 0.4) is 0 Å². The maximum absolute atomic E-state index is 11.9. The van der Waals surface area contributed by atoms with Crippen molar-refractivity contribution in [2.24, 2.45) is 0 Å². The molecule has 0 saturated carbocycles. The molecule has 0 spiro atoms. The van der Waals surface area contributed by atoms with E-state index in [2.05, 4.69) is 0 Å². The van der Waals surface area contributed by atoms with Crippen LogP contribution in [-0.4, -0.2) is 5.78 Å². The van der Waals surface area contributed by atoms with Crippen LogP contribution in [0, 0.1) is 0 Å². The normalized spacial score (nSPS) is 12.3. The molecule has 0 radical (unpaired) electrons. The number of hydrogen-bond acceptors (Lipinski definition) is 3. The largest absolute Gasteiger partial charge is 0.472 e. The molecule has 3 heteroatoms. The summed E-state index contributed by atoms with van der Waals surface area (Å²) < 4.78 is 4.90. The molecule has 1 aromatic carbocycles. The Balaban J connectivity index is 2.04. The third-order valence-electron chi connectivity index (χ3n) is 2.84. The number of benzene rings is 1. The Morgan fingerprint density at radius 2 is 2.00 bits per heavy atom. The predicted octanol–water partition coefficient (Wildman–Crippen LogP) is 3.24. The molecule has 1 aromatic heterocycles. The second-order valence-corrected chi connectivity index (χ2v) is 4.21. The van der Waals surface area contributed by atoms with Gasteiger partial charge in [0.1, 0.15) is 6.26 Å². The molecule has 2 rings (SSSR count). The first-order chi connectivity index (χ1) is 8.16. The first-order valence-corrected chi connectivity index (χ1v) is 5.57. The molecule has 0 bridgehead atoms. The zero-order chi connectivity index (χ0) is 12.3. The Morgan fingerprint density at radius 3 is 2.59 bits per heavy atom. The van der Waals surface area contributed by atoms with E-state index in [9.17, 15) is 4.79 Å². The highest BCUT2D eigenvalue weighted by molar-refractivity contribution is 5.96. The predicted molar refractivity (Wildman–Crippen MR) is 66.9 cm³/mol. The minimum atomic E-state index is 0.100. The first kappa shape index (κ1) is 11.5. The van der Waals surface area contributed by atoms with Gasteiger partial charge in [0.2, 0.25) is 0 Å². The van der Waals surface area contributed by atoms with Gasteiger partial charge in [-0.3, -0.25) is 4.79 Å². The summed E-state index contributed by atoms with van der Waals surface area (Å²) in [5, 5.41) is 0. The fourth-order valence-electron chi connectivity index (χ4n) is 1.76. The number of ketones is 1. The van der Waals surface area contributed by atoms with Gasteiger partial charge < -0.3 is 10.2 Å². The maximum Gasteiger partial charge on any atom is 0.166 e. The molecule has 0 amide bonds. The molecule has 17 heavy (non-hydrogen) atoms. The van der Waals surface area contributed by atoms with Gasteiger partial charge in [-0.2, -0.15) is 0 Å². The molecule has 2 N–H and O–H groups in total. The summed E-state index contributed by atoms with van der Waals surface area (Å²) in [5.74, 6) is 0.279. The third kappa shape index (κ3) is 2.75. The van der Waals surface area contributed by atoms with Gasteiger partial charge in [0.15, 0.2) is 5.78 Å². The van der Waals surface area contributed by atoms with E-state index in [0.29, 0.717) is 12.0 Å². The Kier molecular flexibility index (Phi) is 3.28. The van der Waals surface area contributed by atoms with Crippen molar-refractivity contribution in [2.45, 2.75) is 19.3 Å². The van der Waals surface area contributed by atoms with Gasteiger partial charge in [0.05, 0.1) is 11.8 Å². The molecule has 3 nitrogen and oxygen atoms in total. The van der Waals surface area contributed by atoms with E-state index in [1.165, 1.54) is 12.5 Å². The van der Waals surface area contributed by atoms with E-state index in [1.807, 2.05) is 31.2 Å². The van der Waals surface area contributed by atoms with Gasteiger partial charge in [-0.05, 0) is 29.7 Å². The number of nitrogens with two attached hydrogens (primary N) is 1. The summed E-state index contributed by atoms with van der Waals surface area (Å²) in [6.45, 7) is 2.03. The van der Waals surface area contributed by atoms with Crippen LogP contribution in [0.5, 0.6) is 0 Å². The van der Waals surface area contributed by atoms with E-state index in [-0.39, 0.29) is 11.7 Å². The van der Waals surface area contributed by atoms with Gasteiger partial charge in [-0.25, -0.2) is 0 Å². The van der Waals surface area contributed by atoms with Crippen LogP contribution in [0.2, 0.25) is 0 Å². The summed E-state index contributed by atoms with van der Waals surface area (Å²) in [4.78, 5) is 11.9. The molecule has 88 valence electrons. The van der Waals surface area contributed by atoms with E-state index in [4.69, 9.17) is 10.2 Å². The highest BCUT2D eigenvalue weighted by Gasteiger charge is 2.13. The number of hydrogen-bond donors (Lipinski definition) is 1. The maximum atomic E-state index is 11.9. The van der Waals surface area contributed by atoms with Gasteiger partial charge in [0, 0.05) is 12.1 Å². The zero-order valence-corrected chi connectivity index (χ0v) is 9.72. The van der Waals surface area contributed by atoms with Crippen molar-refractivity contribution in [3.05, 3.63) is 54.0 Å². The number of anilines is 1. The van der Waals surface area contributed by atoms with E-state index in [1.54, 1.807) is 6.07 Å². The van der Waals surface area contributed by atoms with Gasteiger partial charge >= 0.3 is 0 Å². The highest BCUT2D eigenvalue weighted by atomic mass is 16.3. The SMILES string of the molecule is CC(CC(=O)c1ccoc1)c1ccc(N)cc1. The molecule has 0 aliphatic carbocycles. The third-order valence-corrected chi connectivity index (χ3v) is 2.84. The van der Waals surface area contributed by atoms with E-state index in [0.717, 1.165) is 11.3 Å². The molecule has 0 aliphatic rings. The van der Waals surface area contributed by atoms with Gasteiger partial charge in [-0.15, -0.1) is 0 Å². The molecule has 1 atom stereocenters. The molecule has 2 aromatic rings. The van der Waals surface area contributed by atoms with Crippen LogP contribution in [-0.2, 0) is 0 Å². The Hall–Kier alpha value is -2.03. The standard InChI is InChI=1S/C14H15NO2/c1-10(11-2-4-13(15)5-3-11)8-14(16)12-6-7-17-9-12/h2-7,9-10H,8,15H2,1H3. The molecule has 0 aliphatic heterocycles. The lowest BCUT2D eigenvalue weighted by atomic mass is 9.94. The average molecular weight is 229 g/mol. The molecular formula is C14H15NO2. The number of furan rings is 1. The zero-order valence-electron chi connectivity index (χ0n) is 9.72. The summed E-state index contributed by atoms with van der Waals surface area (Å²) in [5.41, 5.74) is 8.12. The second-order valence-electron chi connectivity index (χ2n) is 4.21. The number of nitrogen functional groups attached to an aromatic ring is 1. The van der Waals surface area contributed by atoms with E-state index >= 15 is 0 Å². The highest BCUT2D eigenvalue weighted by Crippen LogP contribution is 2.22. The number of carbonyl (C=O) groups is 1. The van der Waals surface area contributed by atoms with Gasteiger partial charge in [0.25, 0.3) is 0 Å². The van der Waals surface area contributed by atoms with Crippen molar-refractivity contribution >= 4 is 11.5 Å². The minimum absolute atomic E-state index is 0.100. The number of carbonyl (C=O) groups excluding carboxylic acids is 1. The number of rotatable bonds is 4. The van der Waals surface area contributed by atoms with Crippen molar-refractivity contribution < 1.29 is 9.21 Å². The summed E-state index contributed by atoms with van der Waals surface area (Å²) >= 11 is 0. The van der Waals surface area contributed by atoms with Crippen LogP contribution in [0.1, 0.15) is 35.2 Å². The van der Waals surface area contributed by atoms with Crippen molar-refractivity contribution in [1.82, 2.24) is 0 Å². The lowest BCUT2D eigenvalue weighted by Gasteiger charge is -2.10. The van der Waals surface area contributed by atoms with Crippen molar-refractivity contribution in [3.63, 3.8) is 0 Å². The molecular weight excluding hydrogens is 214 g/mol. The first-order valence-electron chi connectivity index (χ1n) is 5.57. The van der Waals surface area contributed by atoms with Crippen molar-refractivity contribution in [3.8, 4) is 0 Å². The Bertz CT molecular complexity index is 485. The molecule has 1 heterocycles. The molecule has 0 saturated heterocycles. The van der Waals surface area contributed by atoms with Crippen LogP contribution in [0.15, 0.2) is 47.3 Å². The lowest BCUT2D eigenvalue weighted by molar-refractivity contribution is 0.0975. The van der Waals surface area contributed by atoms with Crippen molar-refractivity contribution in [2.75, 3.05) is 5.73 Å². The quantitative estimate of drug-likeness (QED) is 0.646. The second kappa shape index (κ2) is 4.87. The van der Waals surface area contributed by atoms with Crippen molar-refractivity contribution in [1.29, 1.82) is 0 Å².